The van der Waals surface area contributed by atoms with Gasteiger partial charge in [0.15, 0.2) is 0 Å². The third-order valence-electron chi connectivity index (χ3n) is 4.69. The highest BCUT2D eigenvalue weighted by molar-refractivity contribution is 6.04. The van der Waals surface area contributed by atoms with Crippen molar-refractivity contribution in [2.45, 2.75) is 19.8 Å². The summed E-state index contributed by atoms with van der Waals surface area (Å²) in [4.78, 5) is 24.2. The van der Waals surface area contributed by atoms with Gasteiger partial charge < -0.3 is 14.6 Å². The van der Waals surface area contributed by atoms with Gasteiger partial charge in [-0.3, -0.25) is 14.2 Å². The fraction of sp³-hybridized carbons (Fsp3) is 0.304. The molecule has 0 aliphatic heterocycles. The number of aryl methyl sites for hydroxylation is 1. The van der Waals surface area contributed by atoms with Gasteiger partial charge in [-0.2, -0.15) is 0 Å². The smallest absolute Gasteiger partial charge is 0.307 e. The zero-order valence-electron chi connectivity index (χ0n) is 16.8. The number of aliphatic carboxylic acids is 1. The molecule has 30 heavy (non-hydrogen) atoms. The Morgan fingerprint density at radius 1 is 1.07 bits per heavy atom. The number of carboxylic acid groups (broad SMARTS) is 1. The van der Waals surface area contributed by atoms with E-state index in [1.165, 1.54) is 0 Å². The first-order valence-corrected chi connectivity index (χ1v) is 9.74. The fourth-order valence-electron chi connectivity index (χ4n) is 3.34. The number of fused-ring (bicyclic) bond motifs is 1. The lowest BCUT2D eigenvalue weighted by Gasteiger charge is -2.10. The summed E-state index contributed by atoms with van der Waals surface area (Å²) in [6.45, 7) is 2.30. The Morgan fingerprint density at radius 2 is 1.83 bits per heavy atom. The van der Waals surface area contributed by atoms with Gasteiger partial charge >= 0.3 is 5.97 Å². The molecule has 0 fully saturated rings. The summed E-state index contributed by atoms with van der Waals surface area (Å²) in [7, 11) is 0. The van der Waals surface area contributed by atoms with Gasteiger partial charge in [-0.25, -0.2) is 4.39 Å². The van der Waals surface area contributed by atoms with E-state index in [4.69, 9.17) is 14.6 Å². The predicted octanol–water partition coefficient (Wildman–Crippen LogP) is 4.02. The zero-order chi connectivity index (χ0) is 21.5. The van der Waals surface area contributed by atoms with E-state index in [0.717, 1.165) is 11.1 Å². The molecule has 0 aliphatic carbocycles. The maximum atomic E-state index is 13.1. The van der Waals surface area contributed by atoms with Gasteiger partial charge in [0, 0.05) is 29.7 Å². The molecule has 0 spiro atoms. The van der Waals surface area contributed by atoms with E-state index in [2.05, 4.69) is 0 Å². The van der Waals surface area contributed by atoms with Crippen LogP contribution in [0.1, 0.15) is 28.0 Å². The lowest BCUT2D eigenvalue weighted by molar-refractivity contribution is -0.136. The molecule has 3 aromatic rings. The number of rotatable bonds is 10. The number of ether oxygens (including phenoxy) is 2. The summed E-state index contributed by atoms with van der Waals surface area (Å²) in [6.07, 6.45) is 0.549. The maximum Gasteiger partial charge on any atom is 0.307 e. The molecule has 0 amide bonds. The van der Waals surface area contributed by atoms with Crippen LogP contribution >= 0.6 is 0 Å². The Hall–Kier alpha value is -3.19. The second kappa shape index (κ2) is 10.0. The molecule has 1 aromatic heterocycles. The monoisotopic (exact) mass is 413 g/mol. The van der Waals surface area contributed by atoms with E-state index in [9.17, 15) is 14.0 Å². The zero-order valence-corrected chi connectivity index (χ0v) is 16.8. The molecular weight excluding hydrogens is 389 g/mol. The van der Waals surface area contributed by atoms with Crippen molar-refractivity contribution in [3.63, 3.8) is 0 Å². The first-order valence-electron chi connectivity index (χ1n) is 9.74. The molecule has 158 valence electrons. The molecule has 0 saturated carbocycles. The Bertz CT molecular complexity index is 1030. The van der Waals surface area contributed by atoms with Crippen molar-refractivity contribution in [2.75, 3.05) is 26.5 Å². The van der Waals surface area contributed by atoms with Crippen LogP contribution in [0.5, 0.6) is 5.75 Å². The van der Waals surface area contributed by atoms with Crippen LogP contribution < -0.4 is 4.74 Å². The fourth-order valence-corrected chi connectivity index (χ4v) is 3.34. The molecule has 7 heteroatoms. The predicted molar refractivity (Wildman–Crippen MR) is 111 cm³/mol. The number of carbonyl (C=O) groups is 2. The molecule has 0 atom stereocenters. The molecule has 3 rings (SSSR count). The Morgan fingerprint density at radius 3 is 2.53 bits per heavy atom. The van der Waals surface area contributed by atoms with Gasteiger partial charge in [-0.05, 0) is 48.9 Å². The number of carbonyl (C=O) groups excluding carboxylic acids is 1. The normalized spacial score (nSPS) is 11.0. The SMILES string of the molecule is Cc1cc2c(CC(=O)O)cccc2n1C(=O)c1ccc(OCCCOCCF)cc1. The lowest BCUT2D eigenvalue weighted by Crippen LogP contribution is -2.13. The van der Waals surface area contributed by atoms with E-state index in [0.29, 0.717) is 42.0 Å². The molecule has 1 N–H and O–H groups in total. The van der Waals surface area contributed by atoms with Crippen LogP contribution in [0.15, 0.2) is 48.5 Å². The van der Waals surface area contributed by atoms with Crippen LogP contribution in [0, 0.1) is 6.92 Å². The molecule has 0 aliphatic rings. The van der Waals surface area contributed by atoms with Crippen molar-refractivity contribution in [1.82, 2.24) is 4.57 Å². The Balaban J connectivity index is 1.73. The highest BCUT2D eigenvalue weighted by atomic mass is 19.1. The number of benzene rings is 2. The van der Waals surface area contributed by atoms with Crippen LogP contribution in [0.2, 0.25) is 0 Å². The van der Waals surface area contributed by atoms with E-state index in [1.807, 2.05) is 19.1 Å². The van der Waals surface area contributed by atoms with Crippen molar-refractivity contribution >= 4 is 22.8 Å². The molecule has 1 heterocycles. The van der Waals surface area contributed by atoms with Crippen molar-refractivity contribution in [2.24, 2.45) is 0 Å². The highest BCUT2D eigenvalue weighted by Gasteiger charge is 2.17. The molecule has 0 radical (unpaired) electrons. The first-order chi connectivity index (χ1) is 14.5. The summed E-state index contributed by atoms with van der Waals surface area (Å²) in [5.41, 5.74) is 2.60. The van der Waals surface area contributed by atoms with Gasteiger partial charge in [0.1, 0.15) is 12.4 Å². The molecule has 0 saturated heterocycles. The Labute approximate surface area is 173 Å². The maximum absolute atomic E-state index is 13.1. The summed E-state index contributed by atoms with van der Waals surface area (Å²) in [5, 5.41) is 9.89. The number of halogens is 1. The highest BCUT2D eigenvalue weighted by Crippen LogP contribution is 2.25. The average Bonchev–Trinajstić information content (AvgIpc) is 3.07. The molecule has 6 nitrogen and oxygen atoms in total. The topological polar surface area (TPSA) is 77.8 Å². The summed E-state index contributed by atoms with van der Waals surface area (Å²) < 4.78 is 24.2. The first kappa shape index (κ1) is 21.5. The van der Waals surface area contributed by atoms with Gasteiger partial charge in [-0.1, -0.05) is 12.1 Å². The van der Waals surface area contributed by atoms with Gasteiger partial charge in [0.05, 0.1) is 25.2 Å². The number of hydrogen-bond donors (Lipinski definition) is 1. The Kier molecular flexibility index (Phi) is 7.19. The van der Waals surface area contributed by atoms with Crippen LogP contribution in [-0.2, 0) is 16.0 Å². The van der Waals surface area contributed by atoms with Crippen LogP contribution in [-0.4, -0.2) is 48.0 Å². The number of nitrogens with zero attached hydrogens (tertiary/aromatic N) is 1. The van der Waals surface area contributed by atoms with Crippen molar-refractivity contribution in [1.29, 1.82) is 0 Å². The van der Waals surface area contributed by atoms with Crippen LogP contribution in [0.4, 0.5) is 4.39 Å². The van der Waals surface area contributed by atoms with E-state index in [1.54, 1.807) is 41.0 Å². The van der Waals surface area contributed by atoms with Crippen LogP contribution in [0.3, 0.4) is 0 Å². The quantitative estimate of drug-likeness (QED) is 0.508. The minimum Gasteiger partial charge on any atom is -0.494 e. The van der Waals surface area contributed by atoms with Crippen molar-refractivity contribution in [3.8, 4) is 5.75 Å². The second-order valence-electron chi connectivity index (χ2n) is 6.87. The van der Waals surface area contributed by atoms with Gasteiger partial charge in [0.25, 0.3) is 5.91 Å². The number of carboxylic acids is 1. The minimum atomic E-state index is -0.913. The third kappa shape index (κ3) is 5.04. The molecular formula is C23H24FNO5. The molecule has 2 aromatic carbocycles. The molecule has 0 bridgehead atoms. The third-order valence-corrected chi connectivity index (χ3v) is 4.69. The second-order valence-corrected chi connectivity index (χ2v) is 6.87. The van der Waals surface area contributed by atoms with Crippen molar-refractivity contribution in [3.05, 3.63) is 65.4 Å². The minimum absolute atomic E-state index is 0.0974. The van der Waals surface area contributed by atoms with Gasteiger partial charge in [-0.15, -0.1) is 0 Å². The summed E-state index contributed by atoms with van der Waals surface area (Å²) >= 11 is 0. The average molecular weight is 413 g/mol. The largest absolute Gasteiger partial charge is 0.494 e. The van der Waals surface area contributed by atoms with Gasteiger partial charge in [0.2, 0.25) is 0 Å². The number of aromatic nitrogens is 1. The number of hydrogen-bond acceptors (Lipinski definition) is 4. The summed E-state index contributed by atoms with van der Waals surface area (Å²) in [6, 6.07) is 14.0. The van der Waals surface area contributed by atoms with E-state index in [-0.39, 0.29) is 18.9 Å². The van der Waals surface area contributed by atoms with Crippen molar-refractivity contribution < 1.29 is 28.6 Å². The van der Waals surface area contributed by atoms with E-state index < -0.39 is 12.6 Å². The number of alkyl halides is 1. The summed E-state index contributed by atoms with van der Waals surface area (Å²) in [5.74, 6) is -0.472. The lowest BCUT2D eigenvalue weighted by atomic mass is 10.1. The van der Waals surface area contributed by atoms with Crippen LogP contribution in [0.25, 0.3) is 10.9 Å². The standard InChI is InChI=1S/C23H24FNO5/c1-16-14-20-18(15-22(26)27)4-2-5-21(20)25(16)23(28)17-6-8-19(9-7-17)30-12-3-11-29-13-10-24/h2,4-9,14H,3,10-13,15H2,1H3,(H,26,27). The van der Waals surface area contributed by atoms with E-state index >= 15 is 0 Å². The molecule has 0 unspecified atom stereocenters.